The monoisotopic (exact) mass is 743 g/mol. The lowest BCUT2D eigenvalue weighted by molar-refractivity contribution is 1.18. The number of benzene rings is 8. The van der Waals surface area contributed by atoms with Gasteiger partial charge < -0.3 is 8.97 Å². The number of hydrogen-bond acceptors (Lipinski definition) is 4. The normalized spacial score (nSPS) is 12.2. The molecule has 0 aliphatic rings. The van der Waals surface area contributed by atoms with E-state index in [0.29, 0.717) is 5.82 Å². The summed E-state index contributed by atoms with van der Waals surface area (Å²) in [6.45, 7) is 0. The Kier molecular flexibility index (Phi) is 6.26. The zero-order chi connectivity index (χ0) is 37.2. The van der Waals surface area contributed by atoms with Crippen molar-refractivity contribution < 1.29 is 0 Å². The number of aromatic nitrogens is 5. The third kappa shape index (κ3) is 4.36. The molecule has 6 heteroatoms. The minimum atomic E-state index is 0.708. The van der Waals surface area contributed by atoms with Crippen molar-refractivity contribution >= 4 is 92.4 Å². The van der Waals surface area contributed by atoms with Crippen LogP contribution in [0.15, 0.2) is 176 Å². The van der Waals surface area contributed by atoms with Gasteiger partial charge in [0.2, 0.25) is 0 Å². The Balaban J connectivity index is 1.04. The predicted octanol–water partition coefficient (Wildman–Crippen LogP) is 13.5. The third-order valence-corrected chi connectivity index (χ3v) is 12.8. The smallest absolute Gasteiger partial charge is 0.160 e. The first-order valence-corrected chi connectivity index (χ1v) is 20.0. The van der Waals surface area contributed by atoms with Gasteiger partial charge in [-0.15, -0.1) is 11.3 Å². The SMILES string of the molecule is c1ccc(-c2nc3cc4c5cc(-c6nc(-c7ccc8c(c7)c7ccccc7n8-c7ccccc7)nc7ccccc67)ccc5n5c6ccccc6c(c3s2)c45)cc1. The zero-order valence-corrected chi connectivity index (χ0v) is 31.2. The highest BCUT2D eigenvalue weighted by atomic mass is 32.1. The van der Waals surface area contributed by atoms with E-state index in [2.05, 4.69) is 185 Å². The molecule has 5 nitrogen and oxygen atoms in total. The van der Waals surface area contributed by atoms with Crippen molar-refractivity contribution in [3.8, 4) is 38.9 Å². The molecule has 57 heavy (non-hydrogen) atoms. The fraction of sp³-hybridized carbons (Fsp3) is 0. The number of fused-ring (bicyclic) bond motifs is 12. The summed E-state index contributed by atoms with van der Waals surface area (Å²) in [4.78, 5) is 15.8. The lowest BCUT2D eigenvalue weighted by Gasteiger charge is -2.11. The molecule has 5 aromatic heterocycles. The molecular formula is C51H29N5S. The molecule has 0 atom stereocenters. The van der Waals surface area contributed by atoms with E-state index in [1.54, 1.807) is 11.3 Å². The van der Waals surface area contributed by atoms with Crippen molar-refractivity contribution in [2.24, 2.45) is 0 Å². The second-order valence-corrected chi connectivity index (χ2v) is 15.8. The molecule has 0 radical (unpaired) electrons. The van der Waals surface area contributed by atoms with Crippen LogP contribution >= 0.6 is 11.3 Å². The maximum absolute atomic E-state index is 5.41. The van der Waals surface area contributed by atoms with E-state index in [1.165, 1.54) is 59.1 Å². The summed E-state index contributed by atoms with van der Waals surface area (Å²) in [6.07, 6.45) is 0. The molecule has 0 saturated carbocycles. The Morgan fingerprint density at radius 2 is 1.04 bits per heavy atom. The minimum absolute atomic E-state index is 0.708. The third-order valence-electron chi connectivity index (χ3n) is 11.7. The summed E-state index contributed by atoms with van der Waals surface area (Å²) >= 11 is 1.78. The molecule has 13 rings (SSSR count). The maximum Gasteiger partial charge on any atom is 0.160 e. The summed E-state index contributed by atoms with van der Waals surface area (Å²) in [5.74, 6) is 0.708. The topological polar surface area (TPSA) is 48.0 Å². The van der Waals surface area contributed by atoms with Crippen molar-refractivity contribution in [1.29, 1.82) is 0 Å². The highest BCUT2D eigenvalue weighted by Gasteiger charge is 2.23. The van der Waals surface area contributed by atoms with Gasteiger partial charge in [0.05, 0.1) is 49.0 Å². The Morgan fingerprint density at radius 3 is 1.89 bits per heavy atom. The van der Waals surface area contributed by atoms with E-state index in [9.17, 15) is 0 Å². The van der Waals surface area contributed by atoms with Crippen LogP contribution in [0.2, 0.25) is 0 Å². The van der Waals surface area contributed by atoms with Crippen LogP contribution in [0.25, 0.3) is 120 Å². The number of para-hydroxylation sites is 4. The molecule has 5 heterocycles. The van der Waals surface area contributed by atoms with E-state index in [1.807, 2.05) is 0 Å². The average molecular weight is 744 g/mol. The summed E-state index contributed by atoms with van der Waals surface area (Å²) in [6, 6.07) is 62.6. The molecule has 264 valence electrons. The molecule has 0 saturated heterocycles. The molecule has 0 aliphatic carbocycles. The van der Waals surface area contributed by atoms with Crippen LogP contribution in [-0.4, -0.2) is 23.9 Å². The molecule has 8 aromatic carbocycles. The first-order chi connectivity index (χ1) is 28.3. The Bertz CT molecular complexity index is 3750. The molecular weight excluding hydrogens is 715 g/mol. The van der Waals surface area contributed by atoms with Crippen LogP contribution in [-0.2, 0) is 0 Å². The van der Waals surface area contributed by atoms with E-state index in [0.717, 1.165) is 55.0 Å². The second kappa shape index (κ2) is 11.6. The van der Waals surface area contributed by atoms with Gasteiger partial charge in [-0.2, -0.15) is 0 Å². The summed E-state index contributed by atoms with van der Waals surface area (Å²) < 4.78 is 6.02. The lowest BCUT2D eigenvalue weighted by atomic mass is 10.0. The fourth-order valence-corrected chi connectivity index (χ4v) is 10.3. The van der Waals surface area contributed by atoms with Crippen LogP contribution in [0.3, 0.4) is 0 Å². The largest absolute Gasteiger partial charge is 0.309 e. The molecule has 0 fully saturated rings. The van der Waals surface area contributed by atoms with E-state index in [-0.39, 0.29) is 0 Å². The lowest BCUT2D eigenvalue weighted by Crippen LogP contribution is -1.96. The highest BCUT2D eigenvalue weighted by Crippen LogP contribution is 2.46. The quantitative estimate of drug-likeness (QED) is 0.180. The molecule has 0 spiro atoms. The van der Waals surface area contributed by atoms with Gasteiger partial charge in [0.1, 0.15) is 5.01 Å². The Morgan fingerprint density at radius 1 is 0.404 bits per heavy atom. The maximum atomic E-state index is 5.41. The molecule has 0 N–H and O–H groups in total. The molecule has 0 amide bonds. The molecule has 0 unspecified atom stereocenters. The van der Waals surface area contributed by atoms with E-state index < -0.39 is 0 Å². The van der Waals surface area contributed by atoms with Gasteiger partial charge in [-0.05, 0) is 66.7 Å². The Hall–Kier alpha value is -7.41. The van der Waals surface area contributed by atoms with Crippen LogP contribution < -0.4 is 0 Å². The highest BCUT2D eigenvalue weighted by molar-refractivity contribution is 7.22. The van der Waals surface area contributed by atoms with Gasteiger partial charge in [-0.3, -0.25) is 0 Å². The van der Waals surface area contributed by atoms with Gasteiger partial charge in [-0.1, -0.05) is 109 Å². The molecule has 13 aromatic rings. The van der Waals surface area contributed by atoms with E-state index >= 15 is 0 Å². The predicted molar refractivity (Wildman–Crippen MR) is 238 cm³/mol. The number of thiazole rings is 1. The van der Waals surface area contributed by atoms with Crippen molar-refractivity contribution in [3.05, 3.63) is 176 Å². The zero-order valence-electron chi connectivity index (χ0n) is 30.4. The van der Waals surface area contributed by atoms with Crippen molar-refractivity contribution in [1.82, 2.24) is 23.9 Å². The fourth-order valence-electron chi connectivity index (χ4n) is 9.19. The van der Waals surface area contributed by atoms with Crippen molar-refractivity contribution in [2.45, 2.75) is 0 Å². The van der Waals surface area contributed by atoms with Crippen LogP contribution in [0, 0.1) is 0 Å². The van der Waals surface area contributed by atoms with Crippen molar-refractivity contribution in [3.63, 3.8) is 0 Å². The van der Waals surface area contributed by atoms with Gasteiger partial charge in [-0.25, -0.2) is 15.0 Å². The van der Waals surface area contributed by atoms with Gasteiger partial charge in [0, 0.05) is 60.1 Å². The summed E-state index contributed by atoms with van der Waals surface area (Å²) in [5, 5.41) is 9.37. The second-order valence-electron chi connectivity index (χ2n) is 14.8. The number of rotatable bonds is 4. The first kappa shape index (κ1) is 30.9. The first-order valence-electron chi connectivity index (χ1n) is 19.2. The molecule has 0 aliphatic heterocycles. The minimum Gasteiger partial charge on any atom is -0.309 e. The summed E-state index contributed by atoms with van der Waals surface area (Å²) in [7, 11) is 0. The number of nitrogens with zero attached hydrogens (tertiary/aromatic N) is 5. The van der Waals surface area contributed by atoms with Gasteiger partial charge in [0.25, 0.3) is 0 Å². The van der Waals surface area contributed by atoms with Gasteiger partial charge in [0.15, 0.2) is 5.82 Å². The average Bonchev–Trinajstić information content (AvgIpc) is 4.03. The number of hydrogen-bond donors (Lipinski definition) is 0. The van der Waals surface area contributed by atoms with E-state index in [4.69, 9.17) is 15.0 Å². The van der Waals surface area contributed by atoms with Crippen LogP contribution in [0.1, 0.15) is 0 Å². The Labute approximate surface area is 329 Å². The van der Waals surface area contributed by atoms with Crippen LogP contribution in [0.4, 0.5) is 0 Å². The van der Waals surface area contributed by atoms with Crippen LogP contribution in [0.5, 0.6) is 0 Å². The molecule has 0 bridgehead atoms. The van der Waals surface area contributed by atoms with Crippen molar-refractivity contribution in [2.75, 3.05) is 0 Å². The standard InChI is InChI=1S/C51H29N5S/c1-3-13-30(14-4-1)51-53-41-29-39-38-27-31(23-25-45(38)56-43-22-12-9-19-36(43)46(48(39)56)49(41)57-51)47-35-18-7-10-20-40(35)52-50(54-47)32-24-26-44-37(28-32)34-17-8-11-21-42(34)55(44)33-15-5-2-6-16-33/h1-29H. The summed E-state index contributed by atoms with van der Waals surface area (Å²) in [5.41, 5.74) is 13.2. The van der Waals surface area contributed by atoms with Gasteiger partial charge >= 0.3 is 0 Å².